The highest BCUT2D eigenvalue weighted by atomic mass is 32.1. The first kappa shape index (κ1) is 20.7. The van der Waals surface area contributed by atoms with E-state index in [4.69, 9.17) is 0 Å². The molecular weight excluding hydrogens is 384 g/mol. The number of carbonyl (C=O) groups excluding carboxylic acids is 2. The average Bonchev–Trinajstić information content (AvgIpc) is 3.19. The molecule has 0 saturated heterocycles. The van der Waals surface area contributed by atoms with Crippen molar-refractivity contribution in [1.82, 2.24) is 14.9 Å². The van der Waals surface area contributed by atoms with Crippen LogP contribution < -0.4 is 10.2 Å². The van der Waals surface area contributed by atoms with E-state index in [-0.39, 0.29) is 17.5 Å². The first-order valence-electron chi connectivity index (χ1n) is 9.30. The van der Waals surface area contributed by atoms with E-state index in [1.54, 1.807) is 5.38 Å². The molecule has 0 aliphatic carbocycles. The van der Waals surface area contributed by atoms with Gasteiger partial charge in [0.15, 0.2) is 5.69 Å². The highest BCUT2D eigenvalue weighted by molar-refractivity contribution is 7.03. The fraction of sp³-hybridized carbons (Fsp3) is 0.273. The topological polar surface area (TPSA) is 75.2 Å². The zero-order chi connectivity index (χ0) is 21.0. The summed E-state index contributed by atoms with van der Waals surface area (Å²) in [5, 5.41) is 8.55. The molecule has 0 bridgehead atoms. The van der Waals surface area contributed by atoms with E-state index < -0.39 is 11.6 Å². The molecule has 2 amide bonds. The lowest BCUT2D eigenvalue weighted by Gasteiger charge is -2.33. The molecule has 7 heteroatoms. The van der Waals surface area contributed by atoms with Gasteiger partial charge in [-0.25, -0.2) is 0 Å². The smallest absolute Gasteiger partial charge is 0.280 e. The quantitative estimate of drug-likeness (QED) is 0.688. The van der Waals surface area contributed by atoms with Gasteiger partial charge in [-0.1, -0.05) is 52.5 Å². The van der Waals surface area contributed by atoms with Crippen LogP contribution in [0, 0.1) is 6.92 Å². The van der Waals surface area contributed by atoms with Crippen molar-refractivity contribution in [2.45, 2.75) is 39.3 Å². The Morgan fingerprint density at radius 2 is 1.79 bits per heavy atom. The Morgan fingerprint density at radius 1 is 1.07 bits per heavy atom. The maximum absolute atomic E-state index is 13.4. The van der Waals surface area contributed by atoms with Crippen LogP contribution in [-0.4, -0.2) is 26.9 Å². The number of hydrogen-bond acceptors (Lipinski definition) is 5. The van der Waals surface area contributed by atoms with Crippen molar-refractivity contribution in [2.24, 2.45) is 0 Å². The second-order valence-electron chi connectivity index (χ2n) is 7.86. The van der Waals surface area contributed by atoms with Crippen molar-refractivity contribution in [3.63, 3.8) is 0 Å². The van der Waals surface area contributed by atoms with E-state index in [0.717, 1.165) is 22.7 Å². The van der Waals surface area contributed by atoms with E-state index in [2.05, 4.69) is 14.9 Å². The lowest BCUT2D eigenvalue weighted by molar-refractivity contribution is -0.123. The van der Waals surface area contributed by atoms with Gasteiger partial charge in [-0.3, -0.25) is 14.5 Å². The Labute approximate surface area is 174 Å². The summed E-state index contributed by atoms with van der Waals surface area (Å²) >= 11 is 1.10. The van der Waals surface area contributed by atoms with Crippen molar-refractivity contribution in [2.75, 3.05) is 4.90 Å². The van der Waals surface area contributed by atoms with Crippen LogP contribution in [0.4, 0.5) is 5.69 Å². The standard InChI is InChI=1S/C22H24N4O2S/c1-15-9-8-10-16(13-15)19(20(27)23-22(2,3)4)26(17-11-6-5-7-12-17)21(28)18-14-29-25-24-18/h5-14,19H,1-4H3,(H,23,27)/t19-/m1/s1. The molecule has 1 N–H and O–H groups in total. The largest absolute Gasteiger partial charge is 0.349 e. The minimum absolute atomic E-state index is 0.208. The Balaban J connectivity index is 2.16. The van der Waals surface area contributed by atoms with Crippen LogP contribution in [0.3, 0.4) is 0 Å². The number of amides is 2. The second-order valence-corrected chi connectivity index (χ2v) is 8.47. The lowest BCUT2D eigenvalue weighted by Crippen LogP contribution is -2.49. The molecule has 6 nitrogen and oxygen atoms in total. The molecule has 3 rings (SSSR count). The maximum atomic E-state index is 13.4. The van der Waals surface area contributed by atoms with Gasteiger partial charge in [0.05, 0.1) is 0 Å². The molecule has 0 fully saturated rings. The third-order valence-corrected chi connectivity index (χ3v) is 4.70. The summed E-state index contributed by atoms with van der Waals surface area (Å²) in [6.45, 7) is 7.70. The molecular formula is C22H24N4O2S. The highest BCUT2D eigenvalue weighted by Crippen LogP contribution is 2.30. The molecule has 29 heavy (non-hydrogen) atoms. The molecule has 0 saturated carbocycles. The summed E-state index contributed by atoms with van der Waals surface area (Å²) < 4.78 is 3.81. The summed E-state index contributed by atoms with van der Waals surface area (Å²) in [5.74, 6) is -0.635. The Hall–Kier alpha value is -3.06. The van der Waals surface area contributed by atoms with E-state index in [9.17, 15) is 9.59 Å². The predicted molar refractivity (Wildman–Crippen MR) is 115 cm³/mol. The van der Waals surface area contributed by atoms with Crippen molar-refractivity contribution in [1.29, 1.82) is 0 Å². The van der Waals surface area contributed by atoms with Gasteiger partial charge in [-0.05, 0) is 56.9 Å². The van der Waals surface area contributed by atoms with Gasteiger partial charge in [0.1, 0.15) is 6.04 Å². The number of anilines is 1. The number of para-hydroxylation sites is 1. The van der Waals surface area contributed by atoms with E-state index in [0.29, 0.717) is 5.69 Å². The van der Waals surface area contributed by atoms with Crippen molar-refractivity contribution >= 4 is 29.0 Å². The number of aromatic nitrogens is 2. The summed E-state index contributed by atoms with van der Waals surface area (Å²) in [6, 6.07) is 15.9. The summed E-state index contributed by atoms with van der Waals surface area (Å²) in [5.41, 5.74) is 2.10. The summed E-state index contributed by atoms with van der Waals surface area (Å²) in [6.07, 6.45) is 0. The SMILES string of the molecule is Cc1cccc([C@H](C(=O)NC(C)(C)C)N(C(=O)c2csnn2)c2ccccc2)c1. The van der Waals surface area contributed by atoms with E-state index >= 15 is 0 Å². The number of benzene rings is 2. The number of carbonyl (C=O) groups is 2. The Morgan fingerprint density at radius 3 is 2.38 bits per heavy atom. The first-order valence-corrected chi connectivity index (χ1v) is 10.1. The summed E-state index contributed by atoms with van der Waals surface area (Å²) in [4.78, 5) is 28.3. The fourth-order valence-corrected chi connectivity index (χ4v) is 3.48. The van der Waals surface area contributed by atoms with Crippen molar-refractivity contribution < 1.29 is 9.59 Å². The van der Waals surface area contributed by atoms with Crippen LogP contribution in [0.1, 0.15) is 48.4 Å². The van der Waals surface area contributed by atoms with E-state index in [1.807, 2.05) is 82.3 Å². The zero-order valence-corrected chi connectivity index (χ0v) is 17.7. The van der Waals surface area contributed by atoms with Crippen LogP contribution in [0.5, 0.6) is 0 Å². The Bertz CT molecular complexity index is 982. The van der Waals surface area contributed by atoms with E-state index in [1.165, 1.54) is 4.90 Å². The minimum atomic E-state index is -0.856. The Kier molecular flexibility index (Phi) is 6.08. The molecule has 1 atom stereocenters. The molecule has 150 valence electrons. The molecule has 1 heterocycles. The molecule has 3 aromatic rings. The molecule has 0 unspecified atom stereocenters. The zero-order valence-electron chi connectivity index (χ0n) is 16.9. The highest BCUT2D eigenvalue weighted by Gasteiger charge is 2.35. The van der Waals surface area contributed by atoms with Crippen LogP contribution in [0.2, 0.25) is 0 Å². The number of aryl methyl sites for hydroxylation is 1. The van der Waals surface area contributed by atoms with Crippen LogP contribution >= 0.6 is 11.5 Å². The second kappa shape index (κ2) is 8.53. The van der Waals surface area contributed by atoms with Crippen molar-refractivity contribution in [3.05, 3.63) is 76.8 Å². The van der Waals surface area contributed by atoms with Crippen LogP contribution in [0.15, 0.2) is 60.0 Å². The van der Waals surface area contributed by atoms with Crippen LogP contribution in [-0.2, 0) is 4.79 Å². The normalized spacial score (nSPS) is 12.3. The molecule has 0 aliphatic rings. The number of nitrogens with one attached hydrogen (secondary N) is 1. The third-order valence-electron chi connectivity index (χ3n) is 4.19. The van der Waals surface area contributed by atoms with Gasteiger partial charge < -0.3 is 5.32 Å². The third kappa shape index (κ3) is 5.06. The molecule has 1 aromatic heterocycles. The first-order chi connectivity index (χ1) is 13.8. The predicted octanol–water partition coefficient (Wildman–Crippen LogP) is 4.15. The van der Waals surface area contributed by atoms with Gasteiger partial charge in [-0.15, -0.1) is 5.10 Å². The van der Waals surface area contributed by atoms with Gasteiger partial charge in [-0.2, -0.15) is 0 Å². The number of rotatable bonds is 5. The molecule has 2 aromatic carbocycles. The van der Waals surface area contributed by atoms with Gasteiger partial charge in [0, 0.05) is 16.6 Å². The minimum Gasteiger partial charge on any atom is -0.349 e. The summed E-state index contributed by atoms with van der Waals surface area (Å²) in [7, 11) is 0. The molecule has 0 aliphatic heterocycles. The molecule has 0 spiro atoms. The van der Waals surface area contributed by atoms with Gasteiger partial charge >= 0.3 is 0 Å². The van der Waals surface area contributed by atoms with Crippen molar-refractivity contribution in [3.8, 4) is 0 Å². The van der Waals surface area contributed by atoms with Crippen LogP contribution in [0.25, 0.3) is 0 Å². The average molecular weight is 409 g/mol. The molecule has 0 radical (unpaired) electrons. The fourth-order valence-electron chi connectivity index (χ4n) is 3.05. The number of hydrogen-bond donors (Lipinski definition) is 1. The van der Waals surface area contributed by atoms with Gasteiger partial charge in [0.2, 0.25) is 5.91 Å². The monoisotopic (exact) mass is 408 g/mol. The van der Waals surface area contributed by atoms with Gasteiger partial charge in [0.25, 0.3) is 5.91 Å². The number of nitrogens with zero attached hydrogens (tertiary/aromatic N) is 3. The maximum Gasteiger partial charge on any atom is 0.280 e. The lowest BCUT2D eigenvalue weighted by atomic mass is 9.99.